The Morgan fingerprint density at radius 2 is 1.90 bits per heavy atom. The van der Waals surface area contributed by atoms with Crippen LogP contribution in [0.15, 0.2) is 30.3 Å². The lowest BCUT2D eigenvalue weighted by molar-refractivity contribution is 0.315. The topological polar surface area (TPSA) is 63.2 Å². The monoisotopic (exact) mass is 307 g/mol. The maximum atomic E-state index is 5.86. The molecule has 0 unspecified atom stereocenters. The first kappa shape index (κ1) is 15.3. The summed E-state index contributed by atoms with van der Waals surface area (Å²) in [5, 5.41) is 3.29. The molecule has 0 saturated carbocycles. The van der Waals surface area contributed by atoms with Crippen LogP contribution in [0.4, 0.5) is 11.9 Å². The average Bonchev–Trinajstić information content (AvgIpc) is 2.47. The van der Waals surface area contributed by atoms with Crippen molar-refractivity contribution in [1.82, 2.24) is 15.0 Å². The van der Waals surface area contributed by atoms with Crippen molar-refractivity contribution in [3.8, 4) is 5.75 Å². The van der Waals surface area contributed by atoms with E-state index in [0.29, 0.717) is 25.0 Å². The molecule has 0 saturated heterocycles. The zero-order chi connectivity index (χ0) is 15.1. The van der Waals surface area contributed by atoms with Gasteiger partial charge in [-0.15, -0.1) is 0 Å². The lowest BCUT2D eigenvalue weighted by Crippen LogP contribution is -2.16. The Hall–Kier alpha value is -2.08. The Morgan fingerprint density at radius 1 is 1.14 bits per heavy atom. The van der Waals surface area contributed by atoms with Gasteiger partial charge < -0.3 is 15.0 Å². The summed E-state index contributed by atoms with van der Waals surface area (Å²) in [4.78, 5) is 14.1. The van der Waals surface area contributed by atoms with Crippen molar-refractivity contribution in [2.45, 2.75) is 6.42 Å². The number of rotatable bonds is 7. The van der Waals surface area contributed by atoms with E-state index >= 15 is 0 Å². The van der Waals surface area contributed by atoms with Gasteiger partial charge in [-0.1, -0.05) is 18.2 Å². The molecule has 0 aliphatic rings. The van der Waals surface area contributed by atoms with Crippen molar-refractivity contribution < 1.29 is 4.74 Å². The van der Waals surface area contributed by atoms with Crippen molar-refractivity contribution >= 4 is 23.5 Å². The second-order valence-corrected chi connectivity index (χ2v) is 4.90. The van der Waals surface area contributed by atoms with Gasteiger partial charge in [-0.3, -0.25) is 0 Å². The van der Waals surface area contributed by atoms with Crippen LogP contribution in [-0.4, -0.2) is 42.2 Å². The molecular weight excluding hydrogens is 290 g/mol. The molecule has 1 N–H and O–H groups in total. The molecule has 0 aliphatic heterocycles. The van der Waals surface area contributed by atoms with E-state index in [1.54, 1.807) is 4.90 Å². The molecule has 0 aliphatic carbocycles. The fourth-order valence-corrected chi connectivity index (χ4v) is 1.75. The molecule has 112 valence electrons. The first-order valence-electron chi connectivity index (χ1n) is 6.66. The van der Waals surface area contributed by atoms with Crippen LogP contribution in [0.5, 0.6) is 5.75 Å². The van der Waals surface area contributed by atoms with Gasteiger partial charge in [0.15, 0.2) is 0 Å². The van der Waals surface area contributed by atoms with Crippen LogP contribution in [0.25, 0.3) is 0 Å². The smallest absolute Gasteiger partial charge is 0.230 e. The molecule has 1 aromatic carbocycles. The highest BCUT2D eigenvalue weighted by molar-refractivity contribution is 6.28. The van der Waals surface area contributed by atoms with Gasteiger partial charge in [0.1, 0.15) is 5.75 Å². The van der Waals surface area contributed by atoms with Crippen molar-refractivity contribution in [3.05, 3.63) is 35.6 Å². The molecule has 0 radical (unpaired) electrons. The fraction of sp³-hybridized carbons (Fsp3) is 0.357. The maximum Gasteiger partial charge on any atom is 0.230 e. The zero-order valence-corrected chi connectivity index (χ0v) is 12.8. The van der Waals surface area contributed by atoms with Gasteiger partial charge in [-0.25, -0.2) is 0 Å². The Bertz CT molecular complexity index is 565. The SMILES string of the molecule is CN(C)c1nc(Cl)nc(NCCCOc2ccccc2)n1. The highest BCUT2D eigenvalue weighted by atomic mass is 35.5. The molecule has 2 rings (SSSR count). The van der Waals surface area contributed by atoms with E-state index in [2.05, 4.69) is 20.3 Å². The third-order valence-electron chi connectivity index (χ3n) is 2.61. The number of ether oxygens (including phenoxy) is 1. The van der Waals surface area contributed by atoms with E-state index in [1.165, 1.54) is 0 Å². The Labute approximate surface area is 129 Å². The summed E-state index contributed by atoms with van der Waals surface area (Å²) in [6.07, 6.45) is 0.829. The molecule has 1 aromatic heterocycles. The van der Waals surface area contributed by atoms with Crippen molar-refractivity contribution in [2.75, 3.05) is 37.5 Å². The minimum atomic E-state index is 0.178. The number of halogens is 1. The largest absolute Gasteiger partial charge is 0.494 e. The molecule has 0 fully saturated rings. The fourth-order valence-electron chi connectivity index (χ4n) is 1.60. The second-order valence-electron chi connectivity index (χ2n) is 4.56. The number of para-hydroxylation sites is 1. The zero-order valence-electron chi connectivity index (χ0n) is 12.1. The third kappa shape index (κ3) is 5.07. The molecule has 1 heterocycles. The number of aromatic nitrogens is 3. The predicted molar refractivity (Wildman–Crippen MR) is 84.2 cm³/mol. The molecule has 0 amide bonds. The van der Waals surface area contributed by atoms with E-state index in [1.807, 2.05) is 44.4 Å². The van der Waals surface area contributed by atoms with Gasteiger partial charge in [0.05, 0.1) is 6.61 Å². The van der Waals surface area contributed by atoms with E-state index in [9.17, 15) is 0 Å². The molecule has 7 heteroatoms. The van der Waals surface area contributed by atoms with Crippen LogP contribution >= 0.6 is 11.6 Å². The van der Waals surface area contributed by atoms with Crippen LogP contribution in [0.3, 0.4) is 0 Å². The van der Waals surface area contributed by atoms with Gasteiger partial charge in [0.25, 0.3) is 0 Å². The highest BCUT2D eigenvalue weighted by Gasteiger charge is 2.05. The standard InChI is InChI=1S/C14H18ClN5O/c1-20(2)14-18-12(15)17-13(19-14)16-9-6-10-21-11-7-4-3-5-8-11/h3-5,7-8H,6,9-10H2,1-2H3,(H,16,17,18,19). The minimum absolute atomic E-state index is 0.178. The summed E-state index contributed by atoms with van der Waals surface area (Å²) in [7, 11) is 3.70. The molecule has 6 nitrogen and oxygen atoms in total. The molecule has 0 atom stereocenters. The lowest BCUT2D eigenvalue weighted by atomic mass is 10.3. The third-order valence-corrected chi connectivity index (χ3v) is 2.78. The average molecular weight is 308 g/mol. The van der Waals surface area contributed by atoms with Crippen LogP contribution in [0.2, 0.25) is 5.28 Å². The molecule has 0 spiro atoms. The second kappa shape index (κ2) is 7.64. The highest BCUT2D eigenvalue weighted by Crippen LogP contribution is 2.11. The van der Waals surface area contributed by atoms with E-state index in [4.69, 9.17) is 16.3 Å². The van der Waals surface area contributed by atoms with Crippen LogP contribution in [0, 0.1) is 0 Å². The number of nitrogens with zero attached hydrogens (tertiary/aromatic N) is 4. The molecule has 21 heavy (non-hydrogen) atoms. The number of benzene rings is 1. The molecule has 0 bridgehead atoms. The number of hydrogen-bond acceptors (Lipinski definition) is 6. The van der Waals surface area contributed by atoms with Crippen LogP contribution < -0.4 is 15.0 Å². The molecular formula is C14H18ClN5O. The summed E-state index contributed by atoms with van der Waals surface area (Å²) >= 11 is 5.86. The summed E-state index contributed by atoms with van der Waals surface area (Å²) in [6, 6.07) is 9.72. The van der Waals surface area contributed by atoms with Crippen molar-refractivity contribution in [2.24, 2.45) is 0 Å². The Balaban J connectivity index is 1.76. The quantitative estimate of drug-likeness (QED) is 0.793. The number of hydrogen-bond donors (Lipinski definition) is 1. The van der Waals surface area contributed by atoms with Crippen LogP contribution in [0.1, 0.15) is 6.42 Å². The van der Waals surface area contributed by atoms with E-state index in [0.717, 1.165) is 12.2 Å². The van der Waals surface area contributed by atoms with Crippen LogP contribution in [-0.2, 0) is 0 Å². The van der Waals surface area contributed by atoms with Gasteiger partial charge in [-0.05, 0) is 30.2 Å². The van der Waals surface area contributed by atoms with E-state index in [-0.39, 0.29) is 5.28 Å². The van der Waals surface area contributed by atoms with Gasteiger partial charge in [0, 0.05) is 20.6 Å². The van der Waals surface area contributed by atoms with Gasteiger partial charge >= 0.3 is 0 Å². The lowest BCUT2D eigenvalue weighted by Gasteiger charge is -2.12. The Morgan fingerprint density at radius 3 is 2.62 bits per heavy atom. The first-order chi connectivity index (χ1) is 10.1. The molecule has 2 aromatic rings. The van der Waals surface area contributed by atoms with Crippen molar-refractivity contribution in [1.29, 1.82) is 0 Å². The predicted octanol–water partition coefficient (Wildman–Crippen LogP) is 2.47. The minimum Gasteiger partial charge on any atom is -0.494 e. The summed E-state index contributed by atoms with van der Waals surface area (Å²) in [6.45, 7) is 1.32. The van der Waals surface area contributed by atoms with E-state index < -0.39 is 0 Å². The normalized spacial score (nSPS) is 10.2. The first-order valence-corrected chi connectivity index (χ1v) is 7.03. The summed E-state index contributed by atoms with van der Waals surface area (Å²) in [5.41, 5.74) is 0. The van der Waals surface area contributed by atoms with Crippen molar-refractivity contribution in [3.63, 3.8) is 0 Å². The summed E-state index contributed by atoms with van der Waals surface area (Å²) < 4.78 is 5.60. The van der Waals surface area contributed by atoms with Gasteiger partial charge in [-0.2, -0.15) is 15.0 Å². The maximum absolute atomic E-state index is 5.86. The number of anilines is 2. The summed E-state index contributed by atoms with van der Waals surface area (Å²) in [5.74, 6) is 1.87. The Kier molecular flexibility index (Phi) is 5.57. The van der Waals surface area contributed by atoms with Gasteiger partial charge in [0.2, 0.25) is 17.2 Å². The number of nitrogens with one attached hydrogen (secondary N) is 1.